The van der Waals surface area contributed by atoms with E-state index in [0.717, 1.165) is 6.54 Å². The molecular weight excluding hydrogens is 270 g/mol. The van der Waals surface area contributed by atoms with Crippen LogP contribution < -0.4 is 0 Å². The molecule has 2 nitrogen and oxygen atoms in total. The third kappa shape index (κ3) is 2.29. The topological polar surface area (TPSA) is 20.3 Å². The van der Waals surface area contributed by atoms with E-state index in [2.05, 4.69) is 37.3 Å². The summed E-state index contributed by atoms with van der Waals surface area (Å²) in [7, 11) is 0. The summed E-state index contributed by atoms with van der Waals surface area (Å²) in [6.45, 7) is 2.88. The molecule has 1 amide bonds. The first-order chi connectivity index (χ1) is 9.70. The molecule has 2 atom stereocenters. The maximum absolute atomic E-state index is 12.2. The van der Waals surface area contributed by atoms with Crippen molar-refractivity contribution in [3.63, 3.8) is 0 Å². The van der Waals surface area contributed by atoms with Gasteiger partial charge in [0.2, 0.25) is 5.91 Å². The number of carbonyl (C=O) groups is 1. The maximum Gasteiger partial charge on any atom is 0.223 e. The largest absolute Gasteiger partial charge is 0.336 e. The van der Waals surface area contributed by atoms with Crippen LogP contribution in [0.25, 0.3) is 10.8 Å². The molecule has 0 radical (unpaired) electrons. The number of nitrogens with zero attached hydrogens (tertiary/aromatic N) is 1. The first-order valence-electron chi connectivity index (χ1n) is 7.04. The zero-order valence-corrected chi connectivity index (χ0v) is 12.3. The van der Waals surface area contributed by atoms with E-state index in [1.165, 1.54) is 16.3 Å². The smallest absolute Gasteiger partial charge is 0.223 e. The molecule has 3 rings (SSSR count). The van der Waals surface area contributed by atoms with Gasteiger partial charge in [0.15, 0.2) is 0 Å². The number of fused-ring (bicyclic) bond motifs is 1. The molecule has 1 fully saturated rings. The number of benzene rings is 2. The van der Waals surface area contributed by atoms with E-state index in [0.29, 0.717) is 18.2 Å². The van der Waals surface area contributed by atoms with Crippen LogP contribution in [0.5, 0.6) is 0 Å². The molecule has 1 aliphatic heterocycles. The van der Waals surface area contributed by atoms with E-state index in [1.54, 1.807) is 0 Å². The van der Waals surface area contributed by atoms with Crippen LogP contribution in [0.1, 0.15) is 24.9 Å². The Kier molecular flexibility index (Phi) is 3.66. The highest BCUT2D eigenvalue weighted by molar-refractivity contribution is 6.18. The Morgan fingerprint density at radius 1 is 1.25 bits per heavy atom. The maximum atomic E-state index is 12.2. The second kappa shape index (κ2) is 5.45. The molecular formula is C17H18ClNO. The molecule has 0 N–H and O–H groups in total. The molecule has 0 saturated carbocycles. The molecule has 0 aromatic heterocycles. The van der Waals surface area contributed by atoms with Crippen molar-refractivity contribution >= 4 is 28.3 Å². The van der Waals surface area contributed by atoms with Gasteiger partial charge >= 0.3 is 0 Å². The first-order valence-corrected chi connectivity index (χ1v) is 7.57. The molecule has 2 aromatic carbocycles. The second-order valence-electron chi connectivity index (χ2n) is 5.51. The summed E-state index contributed by atoms with van der Waals surface area (Å²) in [6.07, 6.45) is 0.582. The van der Waals surface area contributed by atoms with Crippen molar-refractivity contribution < 1.29 is 4.79 Å². The molecule has 1 saturated heterocycles. The van der Waals surface area contributed by atoms with Gasteiger partial charge in [-0.2, -0.15) is 0 Å². The summed E-state index contributed by atoms with van der Waals surface area (Å²) in [5.41, 5.74) is 1.21. The van der Waals surface area contributed by atoms with Gasteiger partial charge in [-0.3, -0.25) is 4.79 Å². The van der Waals surface area contributed by atoms with E-state index < -0.39 is 0 Å². The molecule has 1 aliphatic rings. The second-order valence-corrected chi connectivity index (χ2v) is 5.82. The lowest BCUT2D eigenvalue weighted by molar-refractivity contribution is -0.129. The number of amides is 1. The third-order valence-corrected chi connectivity index (χ3v) is 4.63. The van der Waals surface area contributed by atoms with Crippen LogP contribution in [-0.4, -0.2) is 23.2 Å². The number of alkyl halides is 1. The van der Waals surface area contributed by atoms with Crippen molar-refractivity contribution in [3.05, 3.63) is 48.0 Å². The van der Waals surface area contributed by atoms with Gasteiger partial charge in [-0.1, -0.05) is 42.5 Å². The minimum atomic E-state index is 0.0989. The van der Waals surface area contributed by atoms with Crippen LogP contribution in [0.15, 0.2) is 42.5 Å². The Morgan fingerprint density at radius 2 is 2.00 bits per heavy atom. The van der Waals surface area contributed by atoms with Gasteiger partial charge in [-0.25, -0.2) is 0 Å². The number of likely N-dealkylation sites (tertiary alicyclic amines) is 1. The standard InChI is InChI=1S/C17H18ClNO/c1-12(19-11-13(10-18)9-17(19)20)15-8-4-6-14-5-2-3-7-16(14)15/h2-8,12-13H,9-11H2,1H3/t12-,13?/m0/s1. The Bertz CT molecular complexity index is 634. The Labute approximate surface area is 124 Å². The summed E-state index contributed by atoms with van der Waals surface area (Å²) >= 11 is 5.91. The number of halogens is 1. The van der Waals surface area contributed by atoms with Crippen LogP contribution in [0.2, 0.25) is 0 Å². The summed E-state index contributed by atoms with van der Waals surface area (Å²) in [4.78, 5) is 14.1. The predicted octanol–water partition coefficient (Wildman–Crippen LogP) is 3.99. The van der Waals surface area contributed by atoms with E-state index in [-0.39, 0.29) is 11.9 Å². The number of hydrogen-bond donors (Lipinski definition) is 0. The van der Waals surface area contributed by atoms with Gasteiger partial charge in [0.1, 0.15) is 0 Å². The first kappa shape index (κ1) is 13.4. The van der Waals surface area contributed by atoms with Gasteiger partial charge in [0.25, 0.3) is 0 Å². The molecule has 20 heavy (non-hydrogen) atoms. The molecule has 0 bridgehead atoms. The van der Waals surface area contributed by atoms with Gasteiger partial charge in [-0.15, -0.1) is 11.6 Å². The molecule has 1 heterocycles. The van der Waals surface area contributed by atoms with Crippen molar-refractivity contribution in [2.24, 2.45) is 5.92 Å². The van der Waals surface area contributed by atoms with Crippen LogP contribution in [0.3, 0.4) is 0 Å². The van der Waals surface area contributed by atoms with Crippen LogP contribution in [0.4, 0.5) is 0 Å². The summed E-state index contributed by atoms with van der Waals surface area (Å²) in [5.74, 6) is 1.07. The fraction of sp³-hybridized carbons (Fsp3) is 0.353. The minimum Gasteiger partial charge on any atom is -0.336 e. The molecule has 0 aliphatic carbocycles. The summed E-state index contributed by atoms with van der Waals surface area (Å²) in [5, 5.41) is 2.45. The van der Waals surface area contributed by atoms with E-state index in [4.69, 9.17) is 11.6 Å². The Balaban J connectivity index is 1.97. The zero-order valence-electron chi connectivity index (χ0n) is 11.6. The fourth-order valence-electron chi connectivity index (χ4n) is 3.07. The normalized spacial score (nSPS) is 20.6. The fourth-order valence-corrected chi connectivity index (χ4v) is 3.28. The highest BCUT2D eigenvalue weighted by Crippen LogP contribution is 2.32. The predicted molar refractivity (Wildman–Crippen MR) is 82.9 cm³/mol. The minimum absolute atomic E-state index is 0.0989. The Hall–Kier alpha value is -1.54. The number of rotatable bonds is 3. The highest BCUT2D eigenvalue weighted by atomic mass is 35.5. The molecule has 2 aromatic rings. The average molecular weight is 288 g/mol. The SMILES string of the molecule is C[C@@H](c1cccc2ccccc12)N1CC(CCl)CC1=O. The van der Waals surface area contributed by atoms with Crippen LogP contribution >= 0.6 is 11.6 Å². The zero-order chi connectivity index (χ0) is 14.1. The van der Waals surface area contributed by atoms with Crippen molar-refractivity contribution in [2.45, 2.75) is 19.4 Å². The van der Waals surface area contributed by atoms with E-state index >= 15 is 0 Å². The summed E-state index contributed by atoms with van der Waals surface area (Å²) in [6, 6.07) is 14.7. The van der Waals surface area contributed by atoms with Gasteiger partial charge in [0.05, 0.1) is 6.04 Å². The molecule has 1 unspecified atom stereocenters. The van der Waals surface area contributed by atoms with Crippen molar-refractivity contribution in [3.8, 4) is 0 Å². The van der Waals surface area contributed by atoms with Crippen LogP contribution in [0, 0.1) is 5.92 Å². The van der Waals surface area contributed by atoms with E-state index in [1.807, 2.05) is 17.0 Å². The lowest BCUT2D eigenvalue weighted by Gasteiger charge is -2.26. The number of hydrogen-bond acceptors (Lipinski definition) is 1. The van der Waals surface area contributed by atoms with Crippen molar-refractivity contribution in [1.29, 1.82) is 0 Å². The van der Waals surface area contributed by atoms with Gasteiger partial charge in [0, 0.05) is 18.8 Å². The quantitative estimate of drug-likeness (QED) is 0.782. The lowest BCUT2D eigenvalue weighted by atomic mass is 9.99. The highest BCUT2D eigenvalue weighted by Gasteiger charge is 2.32. The Morgan fingerprint density at radius 3 is 2.75 bits per heavy atom. The molecule has 0 spiro atoms. The number of carbonyl (C=O) groups excluding carboxylic acids is 1. The van der Waals surface area contributed by atoms with Gasteiger partial charge in [-0.05, 0) is 29.2 Å². The third-order valence-electron chi connectivity index (χ3n) is 4.20. The molecule has 104 valence electrons. The average Bonchev–Trinajstić information content (AvgIpc) is 2.87. The van der Waals surface area contributed by atoms with Gasteiger partial charge < -0.3 is 4.90 Å². The lowest BCUT2D eigenvalue weighted by Crippen LogP contribution is -2.28. The van der Waals surface area contributed by atoms with Crippen molar-refractivity contribution in [1.82, 2.24) is 4.90 Å². The summed E-state index contributed by atoms with van der Waals surface area (Å²) < 4.78 is 0. The monoisotopic (exact) mass is 287 g/mol. The molecule has 3 heteroatoms. The van der Waals surface area contributed by atoms with Crippen LogP contribution in [-0.2, 0) is 4.79 Å². The van der Waals surface area contributed by atoms with E-state index in [9.17, 15) is 4.79 Å². The van der Waals surface area contributed by atoms with Crippen molar-refractivity contribution in [2.75, 3.05) is 12.4 Å².